The quantitative estimate of drug-likeness (QED) is 0.842. The number of halogens is 3. The maximum Gasteiger partial charge on any atom is 0.256 e. The minimum absolute atomic E-state index is 0.184. The number of anilines is 1. The number of benzene rings is 2. The molecule has 8 heteroatoms. The third kappa shape index (κ3) is 4.29. The third-order valence-electron chi connectivity index (χ3n) is 4.67. The molecule has 1 saturated heterocycles. The van der Waals surface area contributed by atoms with Crippen molar-refractivity contribution in [1.82, 2.24) is 4.90 Å². The Morgan fingerprint density at radius 1 is 1.14 bits per heavy atom. The van der Waals surface area contributed by atoms with E-state index >= 15 is 0 Å². The molecule has 1 fully saturated rings. The van der Waals surface area contributed by atoms with Gasteiger partial charge in [0.25, 0.3) is 5.91 Å². The van der Waals surface area contributed by atoms with E-state index in [0.717, 1.165) is 12.1 Å². The highest BCUT2D eigenvalue weighted by Crippen LogP contribution is 2.24. The van der Waals surface area contributed by atoms with Crippen molar-refractivity contribution in [2.75, 3.05) is 18.4 Å². The Morgan fingerprint density at radius 3 is 2.46 bits per heavy atom. The summed E-state index contributed by atoms with van der Waals surface area (Å²) in [5.41, 5.74) is 0.622. The summed E-state index contributed by atoms with van der Waals surface area (Å²) in [4.78, 5) is 26.3. The van der Waals surface area contributed by atoms with Gasteiger partial charge in [-0.1, -0.05) is 11.6 Å². The van der Waals surface area contributed by atoms with Gasteiger partial charge in [-0.2, -0.15) is 5.26 Å². The van der Waals surface area contributed by atoms with E-state index in [9.17, 15) is 18.4 Å². The summed E-state index contributed by atoms with van der Waals surface area (Å²) in [5.74, 6) is -2.68. The fourth-order valence-corrected chi connectivity index (χ4v) is 3.33. The van der Waals surface area contributed by atoms with E-state index in [0.29, 0.717) is 43.2 Å². The van der Waals surface area contributed by atoms with Crippen molar-refractivity contribution in [2.24, 2.45) is 5.92 Å². The van der Waals surface area contributed by atoms with Crippen LogP contribution in [-0.4, -0.2) is 29.8 Å². The number of hydrogen-bond donors (Lipinski definition) is 1. The third-order valence-corrected chi connectivity index (χ3v) is 4.98. The van der Waals surface area contributed by atoms with Crippen LogP contribution >= 0.6 is 11.6 Å². The lowest BCUT2D eigenvalue weighted by Gasteiger charge is -2.31. The normalized spacial score (nSPS) is 14.4. The minimum atomic E-state index is -0.900. The van der Waals surface area contributed by atoms with E-state index in [1.807, 2.05) is 6.07 Å². The van der Waals surface area contributed by atoms with Crippen LogP contribution in [0.2, 0.25) is 5.02 Å². The predicted octanol–water partition coefficient (Wildman–Crippen LogP) is 3.98. The molecule has 0 aliphatic carbocycles. The van der Waals surface area contributed by atoms with Gasteiger partial charge in [0.05, 0.1) is 16.1 Å². The van der Waals surface area contributed by atoms with Gasteiger partial charge in [-0.3, -0.25) is 9.59 Å². The molecular weight excluding hydrogens is 388 g/mol. The van der Waals surface area contributed by atoms with E-state index in [1.165, 1.54) is 17.0 Å². The molecule has 1 heterocycles. The number of nitrogens with one attached hydrogen (secondary N) is 1. The molecule has 1 aliphatic rings. The van der Waals surface area contributed by atoms with Gasteiger partial charge >= 0.3 is 0 Å². The number of rotatable bonds is 3. The zero-order valence-electron chi connectivity index (χ0n) is 14.7. The standard InChI is InChI=1S/C20H16ClF2N3O2/c21-17-10-15(3-1-13(17)11-24)25-19(27)12-5-7-26(8-6-12)20(28)16-4-2-14(22)9-18(16)23/h1-4,9-10,12H,5-8H2,(H,25,27). The molecule has 0 atom stereocenters. The summed E-state index contributed by atoms with van der Waals surface area (Å²) in [7, 11) is 0. The smallest absolute Gasteiger partial charge is 0.256 e. The number of hydrogen-bond acceptors (Lipinski definition) is 3. The van der Waals surface area contributed by atoms with E-state index < -0.39 is 17.5 Å². The first-order chi connectivity index (χ1) is 13.4. The van der Waals surface area contributed by atoms with E-state index in [2.05, 4.69) is 5.32 Å². The maximum absolute atomic E-state index is 13.8. The van der Waals surface area contributed by atoms with Crippen LogP contribution in [0.3, 0.4) is 0 Å². The van der Waals surface area contributed by atoms with Crippen LogP contribution in [0.5, 0.6) is 0 Å². The lowest BCUT2D eigenvalue weighted by Crippen LogP contribution is -2.41. The SMILES string of the molecule is N#Cc1ccc(NC(=O)C2CCN(C(=O)c3ccc(F)cc3F)CC2)cc1Cl. The fraction of sp³-hybridized carbons (Fsp3) is 0.250. The molecule has 0 unspecified atom stereocenters. The Kier molecular flexibility index (Phi) is 5.90. The topological polar surface area (TPSA) is 73.2 Å². The molecule has 5 nitrogen and oxygen atoms in total. The molecule has 0 bridgehead atoms. The van der Waals surface area contributed by atoms with Gasteiger partial charge in [-0.15, -0.1) is 0 Å². The van der Waals surface area contributed by atoms with E-state index in [4.69, 9.17) is 16.9 Å². The molecule has 2 aromatic carbocycles. The van der Waals surface area contributed by atoms with E-state index in [-0.39, 0.29) is 22.4 Å². The highest BCUT2D eigenvalue weighted by atomic mass is 35.5. The average Bonchev–Trinajstić information content (AvgIpc) is 2.68. The first kappa shape index (κ1) is 19.8. The lowest BCUT2D eigenvalue weighted by atomic mass is 9.95. The highest BCUT2D eigenvalue weighted by Gasteiger charge is 2.29. The first-order valence-electron chi connectivity index (χ1n) is 8.64. The van der Waals surface area contributed by atoms with Gasteiger partial charge in [0.15, 0.2) is 0 Å². The van der Waals surface area contributed by atoms with Crippen molar-refractivity contribution >= 4 is 29.1 Å². The molecule has 0 saturated carbocycles. The molecule has 2 aromatic rings. The van der Waals surface area contributed by atoms with Crippen molar-refractivity contribution in [1.29, 1.82) is 5.26 Å². The molecular formula is C20H16ClF2N3O2. The molecule has 2 amide bonds. The van der Waals surface area contributed by atoms with Gasteiger partial charge < -0.3 is 10.2 Å². The zero-order valence-corrected chi connectivity index (χ0v) is 15.5. The maximum atomic E-state index is 13.8. The number of likely N-dealkylation sites (tertiary alicyclic amines) is 1. The zero-order chi connectivity index (χ0) is 20.3. The Labute approximate surface area is 165 Å². The Balaban J connectivity index is 1.59. The molecule has 1 N–H and O–H groups in total. The summed E-state index contributed by atoms with van der Waals surface area (Å²) in [6.45, 7) is 0.587. The van der Waals surface area contributed by atoms with Crippen molar-refractivity contribution in [3.05, 3.63) is 64.2 Å². The van der Waals surface area contributed by atoms with E-state index in [1.54, 1.807) is 6.07 Å². The van der Waals surface area contributed by atoms with Gasteiger partial charge in [-0.25, -0.2) is 8.78 Å². The number of carbonyl (C=O) groups excluding carboxylic acids is 2. The van der Waals surface area contributed by atoms with Crippen molar-refractivity contribution in [2.45, 2.75) is 12.8 Å². The Bertz CT molecular complexity index is 966. The number of carbonyl (C=O) groups is 2. The Morgan fingerprint density at radius 2 is 1.86 bits per heavy atom. The van der Waals surface area contributed by atoms with Gasteiger partial charge in [0.2, 0.25) is 5.91 Å². The average molecular weight is 404 g/mol. The summed E-state index contributed by atoms with van der Waals surface area (Å²) in [6.07, 6.45) is 0.842. The van der Waals surface area contributed by atoms with Gasteiger partial charge in [0, 0.05) is 30.8 Å². The molecule has 28 heavy (non-hydrogen) atoms. The van der Waals surface area contributed by atoms with Crippen LogP contribution in [0.25, 0.3) is 0 Å². The second-order valence-corrected chi connectivity index (χ2v) is 6.89. The fourth-order valence-electron chi connectivity index (χ4n) is 3.11. The van der Waals surface area contributed by atoms with Crippen LogP contribution in [-0.2, 0) is 4.79 Å². The predicted molar refractivity (Wildman–Crippen MR) is 99.8 cm³/mol. The summed E-state index contributed by atoms with van der Waals surface area (Å²) >= 11 is 5.96. The number of nitriles is 1. The van der Waals surface area contributed by atoms with Crippen LogP contribution < -0.4 is 5.32 Å². The number of amides is 2. The molecule has 0 aromatic heterocycles. The molecule has 1 aliphatic heterocycles. The second-order valence-electron chi connectivity index (χ2n) is 6.49. The summed E-state index contributed by atoms with van der Waals surface area (Å²) in [5, 5.41) is 11.9. The Hall–Kier alpha value is -2.98. The summed E-state index contributed by atoms with van der Waals surface area (Å²) < 4.78 is 26.8. The second kappa shape index (κ2) is 8.36. The van der Waals surface area contributed by atoms with Crippen LogP contribution in [0.15, 0.2) is 36.4 Å². The summed E-state index contributed by atoms with van der Waals surface area (Å²) in [6, 6.07) is 9.42. The van der Waals surface area contributed by atoms with Crippen molar-refractivity contribution in [3.63, 3.8) is 0 Å². The van der Waals surface area contributed by atoms with Crippen molar-refractivity contribution < 1.29 is 18.4 Å². The number of nitrogens with zero attached hydrogens (tertiary/aromatic N) is 2. The van der Waals surface area contributed by atoms with Crippen LogP contribution in [0.4, 0.5) is 14.5 Å². The van der Waals surface area contributed by atoms with Gasteiger partial charge in [-0.05, 0) is 43.2 Å². The molecule has 144 valence electrons. The van der Waals surface area contributed by atoms with Gasteiger partial charge in [0.1, 0.15) is 17.7 Å². The highest BCUT2D eigenvalue weighted by molar-refractivity contribution is 6.32. The molecule has 0 spiro atoms. The monoisotopic (exact) mass is 403 g/mol. The largest absolute Gasteiger partial charge is 0.339 e. The van der Waals surface area contributed by atoms with Crippen LogP contribution in [0, 0.1) is 28.9 Å². The first-order valence-corrected chi connectivity index (χ1v) is 9.01. The number of piperidine rings is 1. The molecule has 3 rings (SSSR count). The van der Waals surface area contributed by atoms with Crippen molar-refractivity contribution in [3.8, 4) is 6.07 Å². The lowest BCUT2D eigenvalue weighted by molar-refractivity contribution is -0.121. The molecule has 0 radical (unpaired) electrons. The van der Waals surface area contributed by atoms with Crippen LogP contribution in [0.1, 0.15) is 28.8 Å². The minimum Gasteiger partial charge on any atom is -0.339 e.